The van der Waals surface area contributed by atoms with E-state index in [4.69, 9.17) is 17.3 Å². The van der Waals surface area contributed by atoms with E-state index in [-0.39, 0.29) is 35.9 Å². The summed E-state index contributed by atoms with van der Waals surface area (Å²) in [5, 5.41) is 5.81. The first-order valence-corrected chi connectivity index (χ1v) is 7.79. The summed E-state index contributed by atoms with van der Waals surface area (Å²) < 4.78 is 0. The van der Waals surface area contributed by atoms with Gasteiger partial charge in [0.1, 0.15) is 0 Å². The van der Waals surface area contributed by atoms with Crippen molar-refractivity contribution in [3.05, 3.63) is 28.8 Å². The van der Waals surface area contributed by atoms with Crippen LogP contribution in [0.2, 0.25) is 5.02 Å². The molecule has 0 spiro atoms. The fraction of sp³-hybridized carbons (Fsp3) is 0.500. The van der Waals surface area contributed by atoms with E-state index in [0.29, 0.717) is 22.8 Å². The molecule has 0 aliphatic carbocycles. The smallest absolute Gasteiger partial charge is 0.319 e. The van der Waals surface area contributed by atoms with Gasteiger partial charge in [-0.3, -0.25) is 4.79 Å². The van der Waals surface area contributed by atoms with E-state index >= 15 is 0 Å². The van der Waals surface area contributed by atoms with Crippen molar-refractivity contribution in [3.63, 3.8) is 0 Å². The third-order valence-corrected chi connectivity index (χ3v) is 3.60. The predicted molar refractivity (Wildman–Crippen MR) is 101 cm³/mol. The molecule has 0 aromatic heterocycles. The van der Waals surface area contributed by atoms with Gasteiger partial charge in [0, 0.05) is 30.9 Å². The van der Waals surface area contributed by atoms with E-state index in [1.54, 1.807) is 25.2 Å². The number of likely N-dealkylation sites (N-methyl/N-ethyl adjacent to an activating group) is 1. The number of hydrogen-bond donors (Lipinski definition) is 3. The minimum absolute atomic E-state index is 0. The number of nitrogens with one attached hydrogen (secondary N) is 2. The SMILES string of the molecule is CC(CN)N(C)C(=O)c1cc(NC(=O)NC(C)(C)C)ccc1Cl.Cl. The Morgan fingerprint density at radius 1 is 1.33 bits per heavy atom. The van der Waals surface area contributed by atoms with Crippen molar-refractivity contribution < 1.29 is 9.59 Å². The quantitative estimate of drug-likeness (QED) is 0.754. The highest BCUT2D eigenvalue weighted by Crippen LogP contribution is 2.22. The Morgan fingerprint density at radius 3 is 2.42 bits per heavy atom. The van der Waals surface area contributed by atoms with Gasteiger partial charge in [-0.05, 0) is 45.9 Å². The Kier molecular flexibility index (Phi) is 8.54. The number of anilines is 1. The molecule has 0 radical (unpaired) electrons. The van der Waals surface area contributed by atoms with Crippen molar-refractivity contribution in [2.24, 2.45) is 5.73 Å². The van der Waals surface area contributed by atoms with Crippen LogP contribution >= 0.6 is 24.0 Å². The maximum absolute atomic E-state index is 12.5. The van der Waals surface area contributed by atoms with Gasteiger partial charge in [0.15, 0.2) is 0 Å². The summed E-state index contributed by atoms with van der Waals surface area (Å²) in [7, 11) is 1.67. The number of rotatable bonds is 4. The van der Waals surface area contributed by atoms with Crippen molar-refractivity contribution in [1.29, 1.82) is 0 Å². The number of nitrogens with two attached hydrogens (primary N) is 1. The van der Waals surface area contributed by atoms with Gasteiger partial charge in [0.2, 0.25) is 0 Å². The summed E-state index contributed by atoms with van der Waals surface area (Å²) in [6.45, 7) is 7.85. The largest absolute Gasteiger partial charge is 0.338 e. The molecule has 1 rings (SSSR count). The second kappa shape index (κ2) is 9.11. The van der Waals surface area contributed by atoms with Gasteiger partial charge < -0.3 is 21.3 Å². The van der Waals surface area contributed by atoms with E-state index in [1.807, 2.05) is 27.7 Å². The van der Waals surface area contributed by atoms with Crippen molar-refractivity contribution >= 4 is 41.6 Å². The molecule has 24 heavy (non-hydrogen) atoms. The van der Waals surface area contributed by atoms with Crippen LogP contribution in [0.4, 0.5) is 10.5 Å². The number of carbonyl (C=O) groups is 2. The average Bonchev–Trinajstić information content (AvgIpc) is 2.44. The third-order valence-electron chi connectivity index (χ3n) is 3.27. The van der Waals surface area contributed by atoms with Gasteiger partial charge >= 0.3 is 6.03 Å². The Morgan fingerprint density at radius 2 is 1.92 bits per heavy atom. The molecule has 0 aliphatic heterocycles. The zero-order chi connectivity index (χ0) is 17.8. The van der Waals surface area contributed by atoms with Gasteiger partial charge in [-0.25, -0.2) is 4.79 Å². The normalized spacial score (nSPS) is 12.0. The number of benzene rings is 1. The van der Waals surface area contributed by atoms with Gasteiger partial charge in [-0.2, -0.15) is 0 Å². The number of halogens is 2. The van der Waals surface area contributed by atoms with Crippen LogP contribution in [0.15, 0.2) is 18.2 Å². The fourth-order valence-corrected chi connectivity index (χ4v) is 2.02. The highest BCUT2D eigenvalue weighted by molar-refractivity contribution is 6.34. The Bertz CT molecular complexity index is 588. The lowest BCUT2D eigenvalue weighted by Gasteiger charge is -2.24. The Labute approximate surface area is 154 Å². The van der Waals surface area contributed by atoms with Crippen LogP contribution in [-0.2, 0) is 0 Å². The lowest BCUT2D eigenvalue weighted by atomic mass is 10.1. The van der Waals surface area contributed by atoms with Crippen LogP contribution in [0.3, 0.4) is 0 Å². The highest BCUT2D eigenvalue weighted by atomic mass is 35.5. The first-order chi connectivity index (χ1) is 10.5. The lowest BCUT2D eigenvalue weighted by molar-refractivity contribution is 0.0748. The number of carbonyl (C=O) groups excluding carboxylic acids is 2. The molecular formula is C16H26Cl2N4O2. The van der Waals surface area contributed by atoms with E-state index in [1.165, 1.54) is 4.90 Å². The zero-order valence-electron chi connectivity index (χ0n) is 14.6. The van der Waals surface area contributed by atoms with Gasteiger partial charge in [0.25, 0.3) is 5.91 Å². The van der Waals surface area contributed by atoms with E-state index in [9.17, 15) is 9.59 Å². The highest BCUT2D eigenvalue weighted by Gasteiger charge is 2.20. The van der Waals surface area contributed by atoms with E-state index in [0.717, 1.165) is 0 Å². The molecule has 4 N–H and O–H groups in total. The fourth-order valence-electron chi connectivity index (χ4n) is 1.82. The van der Waals surface area contributed by atoms with Crippen molar-refractivity contribution in [3.8, 4) is 0 Å². The van der Waals surface area contributed by atoms with Crippen LogP contribution in [0.25, 0.3) is 0 Å². The molecule has 1 atom stereocenters. The van der Waals surface area contributed by atoms with Crippen LogP contribution < -0.4 is 16.4 Å². The molecule has 0 bridgehead atoms. The standard InChI is InChI=1S/C16H25ClN4O2.ClH/c1-10(9-18)21(5)14(22)12-8-11(6-7-13(12)17)19-15(23)20-16(2,3)4;/h6-8,10H,9,18H2,1-5H3,(H2,19,20,23);1H. The molecule has 6 nitrogen and oxygen atoms in total. The molecule has 1 aromatic carbocycles. The Balaban J connectivity index is 0.00000529. The summed E-state index contributed by atoms with van der Waals surface area (Å²) in [6.07, 6.45) is 0. The number of amides is 3. The molecule has 136 valence electrons. The zero-order valence-corrected chi connectivity index (χ0v) is 16.2. The van der Waals surface area contributed by atoms with Crippen molar-refractivity contribution in [2.75, 3.05) is 18.9 Å². The van der Waals surface area contributed by atoms with Crippen molar-refractivity contribution in [2.45, 2.75) is 39.3 Å². The minimum Gasteiger partial charge on any atom is -0.338 e. The van der Waals surface area contributed by atoms with E-state index in [2.05, 4.69) is 10.6 Å². The Hall–Kier alpha value is -1.50. The van der Waals surface area contributed by atoms with E-state index < -0.39 is 0 Å². The van der Waals surface area contributed by atoms with Crippen molar-refractivity contribution in [1.82, 2.24) is 10.2 Å². The summed E-state index contributed by atoms with van der Waals surface area (Å²) in [4.78, 5) is 25.9. The summed E-state index contributed by atoms with van der Waals surface area (Å²) in [5.74, 6) is -0.243. The minimum atomic E-state index is -0.355. The van der Waals surface area contributed by atoms with Crippen LogP contribution in [0.1, 0.15) is 38.1 Å². The molecule has 1 aromatic rings. The van der Waals surface area contributed by atoms with Crippen LogP contribution in [-0.4, -0.2) is 42.0 Å². The molecule has 8 heteroatoms. The number of urea groups is 1. The second-order valence-electron chi connectivity index (χ2n) is 6.52. The molecule has 0 heterocycles. The summed E-state index contributed by atoms with van der Waals surface area (Å²) in [6, 6.07) is 4.34. The summed E-state index contributed by atoms with van der Waals surface area (Å²) in [5.41, 5.74) is 6.05. The number of nitrogens with zero attached hydrogens (tertiary/aromatic N) is 1. The molecular weight excluding hydrogens is 351 g/mol. The molecule has 1 unspecified atom stereocenters. The predicted octanol–water partition coefficient (Wildman–Crippen LogP) is 3.10. The van der Waals surface area contributed by atoms with Gasteiger partial charge in [-0.15, -0.1) is 12.4 Å². The average molecular weight is 377 g/mol. The second-order valence-corrected chi connectivity index (χ2v) is 6.93. The maximum Gasteiger partial charge on any atom is 0.319 e. The van der Waals surface area contributed by atoms with Gasteiger partial charge in [0.05, 0.1) is 10.6 Å². The van der Waals surface area contributed by atoms with Crippen LogP contribution in [0, 0.1) is 0 Å². The molecule has 0 fully saturated rings. The lowest BCUT2D eigenvalue weighted by Crippen LogP contribution is -2.43. The summed E-state index contributed by atoms with van der Waals surface area (Å²) >= 11 is 6.12. The molecule has 0 saturated carbocycles. The monoisotopic (exact) mass is 376 g/mol. The maximum atomic E-state index is 12.5. The first kappa shape index (κ1) is 22.5. The molecule has 0 aliphatic rings. The first-order valence-electron chi connectivity index (χ1n) is 7.41. The number of hydrogen-bond acceptors (Lipinski definition) is 3. The van der Waals surface area contributed by atoms with Gasteiger partial charge in [-0.1, -0.05) is 11.6 Å². The molecule has 3 amide bonds. The molecule has 0 saturated heterocycles. The van der Waals surface area contributed by atoms with Crippen LogP contribution in [0.5, 0.6) is 0 Å². The topological polar surface area (TPSA) is 87.5 Å². The third kappa shape index (κ3) is 6.55.